The van der Waals surface area contributed by atoms with E-state index in [1.54, 1.807) is 28.0 Å². The third kappa shape index (κ3) is 3.93. The molecule has 1 N–H and O–H groups in total. The van der Waals surface area contributed by atoms with Gasteiger partial charge in [-0.3, -0.25) is 14.2 Å². The van der Waals surface area contributed by atoms with Crippen LogP contribution in [-0.4, -0.2) is 40.2 Å². The minimum Gasteiger partial charge on any atom is -0.304 e. The van der Waals surface area contributed by atoms with Crippen molar-refractivity contribution in [3.63, 3.8) is 0 Å². The van der Waals surface area contributed by atoms with Crippen molar-refractivity contribution in [2.75, 3.05) is 5.32 Å². The second kappa shape index (κ2) is 7.81. The van der Waals surface area contributed by atoms with E-state index >= 15 is 0 Å². The van der Waals surface area contributed by atoms with Crippen molar-refractivity contribution in [2.24, 2.45) is 7.05 Å². The van der Waals surface area contributed by atoms with Crippen molar-refractivity contribution in [1.82, 2.24) is 34.3 Å². The molecule has 0 aliphatic heterocycles. The molecule has 1 aliphatic carbocycles. The molecule has 0 spiro atoms. The van der Waals surface area contributed by atoms with E-state index in [9.17, 15) is 4.79 Å². The summed E-state index contributed by atoms with van der Waals surface area (Å²) >= 11 is 6.36. The molecule has 9 nitrogen and oxygen atoms in total. The van der Waals surface area contributed by atoms with Gasteiger partial charge < -0.3 is 5.32 Å². The highest BCUT2D eigenvalue weighted by Crippen LogP contribution is 2.40. The molecule has 4 aromatic heterocycles. The van der Waals surface area contributed by atoms with Crippen molar-refractivity contribution in [2.45, 2.75) is 45.2 Å². The fraction of sp³-hybridized carbons (Fsp3) is 0.381. The molecule has 1 amide bonds. The molecular weight excluding hydrogens is 416 g/mol. The van der Waals surface area contributed by atoms with Crippen LogP contribution in [0.2, 0.25) is 5.02 Å². The van der Waals surface area contributed by atoms with Gasteiger partial charge in [-0.05, 0) is 25.3 Å². The predicted molar refractivity (Wildman–Crippen MR) is 117 cm³/mol. The van der Waals surface area contributed by atoms with Gasteiger partial charge in [0.15, 0.2) is 11.5 Å². The van der Waals surface area contributed by atoms with Crippen LogP contribution in [0.5, 0.6) is 0 Å². The highest BCUT2D eigenvalue weighted by atomic mass is 35.5. The van der Waals surface area contributed by atoms with Crippen LogP contribution in [0.25, 0.3) is 11.0 Å². The van der Waals surface area contributed by atoms with Gasteiger partial charge in [0.25, 0.3) is 5.91 Å². The first-order valence-electron chi connectivity index (χ1n) is 10.4. The van der Waals surface area contributed by atoms with Crippen molar-refractivity contribution in [3.05, 3.63) is 52.7 Å². The Labute approximate surface area is 184 Å². The standard InChI is InChI=1S/C21H23ClN8O/c1-3-6-30-20-16(9-24-30)15(7-18(25-20)14-4-5-14)21(31)26-19-17(22)12-29(27-19)11-13-8-23-28(2)10-13/h7-10,12,14H,3-6,11H2,1-2H3,(H,26,27,31). The average molecular weight is 439 g/mol. The predicted octanol–water partition coefficient (Wildman–Crippen LogP) is 3.60. The van der Waals surface area contributed by atoms with Gasteiger partial charge in [-0.15, -0.1) is 0 Å². The van der Waals surface area contributed by atoms with Crippen molar-refractivity contribution in [3.8, 4) is 0 Å². The van der Waals surface area contributed by atoms with E-state index in [1.807, 2.05) is 24.0 Å². The zero-order valence-corrected chi connectivity index (χ0v) is 18.2. The molecule has 4 aromatic rings. The van der Waals surface area contributed by atoms with E-state index in [0.717, 1.165) is 48.1 Å². The van der Waals surface area contributed by atoms with Gasteiger partial charge in [0.2, 0.25) is 0 Å². The zero-order valence-electron chi connectivity index (χ0n) is 17.4. The number of anilines is 1. The molecule has 0 saturated heterocycles. The highest BCUT2D eigenvalue weighted by Gasteiger charge is 2.28. The lowest BCUT2D eigenvalue weighted by Crippen LogP contribution is -2.14. The summed E-state index contributed by atoms with van der Waals surface area (Å²) in [6, 6.07) is 1.88. The minimum absolute atomic E-state index is 0.265. The SMILES string of the molecule is CCCn1ncc2c(C(=O)Nc3nn(Cc4cnn(C)c4)cc3Cl)cc(C3CC3)nc21. The maximum Gasteiger partial charge on any atom is 0.257 e. The summed E-state index contributed by atoms with van der Waals surface area (Å²) in [4.78, 5) is 18.0. The fourth-order valence-corrected chi connectivity index (χ4v) is 3.89. The summed E-state index contributed by atoms with van der Waals surface area (Å²) in [5.41, 5.74) is 3.24. The van der Waals surface area contributed by atoms with Crippen LogP contribution < -0.4 is 5.32 Å². The number of nitrogens with zero attached hydrogens (tertiary/aromatic N) is 7. The molecule has 0 aromatic carbocycles. The van der Waals surface area contributed by atoms with Crippen molar-refractivity contribution < 1.29 is 4.79 Å². The Balaban J connectivity index is 1.44. The quantitative estimate of drug-likeness (QED) is 0.475. The van der Waals surface area contributed by atoms with Crippen LogP contribution >= 0.6 is 11.6 Å². The van der Waals surface area contributed by atoms with Crippen LogP contribution in [0.15, 0.2) is 30.9 Å². The van der Waals surface area contributed by atoms with Crippen molar-refractivity contribution in [1.29, 1.82) is 0 Å². The maximum absolute atomic E-state index is 13.2. The molecule has 5 rings (SSSR count). The first kappa shape index (κ1) is 19.7. The van der Waals surface area contributed by atoms with Gasteiger partial charge in [-0.1, -0.05) is 18.5 Å². The third-order valence-electron chi connectivity index (χ3n) is 5.36. The van der Waals surface area contributed by atoms with E-state index in [1.165, 1.54) is 0 Å². The van der Waals surface area contributed by atoms with Gasteiger partial charge in [-0.2, -0.15) is 15.3 Å². The Morgan fingerprint density at radius 2 is 2.10 bits per heavy atom. The lowest BCUT2D eigenvalue weighted by atomic mass is 10.1. The normalized spacial score (nSPS) is 13.8. The Kier molecular flexibility index (Phi) is 4.97. The zero-order chi connectivity index (χ0) is 21.5. The van der Waals surface area contributed by atoms with Crippen LogP contribution in [0.1, 0.15) is 53.7 Å². The molecule has 31 heavy (non-hydrogen) atoms. The molecule has 1 aliphatic rings. The highest BCUT2D eigenvalue weighted by molar-refractivity contribution is 6.33. The van der Waals surface area contributed by atoms with E-state index in [2.05, 4.69) is 27.5 Å². The molecule has 10 heteroatoms. The van der Waals surface area contributed by atoms with Crippen LogP contribution in [0.3, 0.4) is 0 Å². The number of pyridine rings is 1. The van der Waals surface area contributed by atoms with Crippen molar-refractivity contribution >= 4 is 34.4 Å². The molecule has 0 atom stereocenters. The Morgan fingerprint density at radius 1 is 1.26 bits per heavy atom. The molecule has 0 radical (unpaired) electrons. The van der Waals surface area contributed by atoms with E-state index in [-0.39, 0.29) is 5.91 Å². The summed E-state index contributed by atoms with van der Waals surface area (Å²) in [5.74, 6) is 0.483. The number of aromatic nitrogens is 7. The monoisotopic (exact) mass is 438 g/mol. The molecule has 160 valence electrons. The fourth-order valence-electron chi connectivity index (χ4n) is 3.70. The van der Waals surface area contributed by atoms with Crippen LogP contribution in [-0.2, 0) is 20.1 Å². The second-order valence-electron chi connectivity index (χ2n) is 7.97. The van der Waals surface area contributed by atoms with Crippen LogP contribution in [0.4, 0.5) is 5.82 Å². The topological polar surface area (TPSA) is 95.5 Å². The van der Waals surface area contributed by atoms with E-state index in [0.29, 0.717) is 28.9 Å². The third-order valence-corrected chi connectivity index (χ3v) is 5.63. The number of hydrogen-bond donors (Lipinski definition) is 1. The number of fused-ring (bicyclic) bond motifs is 1. The number of rotatable bonds is 7. The first-order chi connectivity index (χ1) is 15.0. The number of nitrogens with one attached hydrogen (secondary N) is 1. The van der Waals surface area contributed by atoms with Crippen LogP contribution in [0, 0.1) is 0 Å². The van der Waals surface area contributed by atoms with Gasteiger partial charge in [0, 0.05) is 43.2 Å². The summed E-state index contributed by atoms with van der Waals surface area (Å²) in [7, 11) is 1.86. The summed E-state index contributed by atoms with van der Waals surface area (Å²) < 4.78 is 5.29. The molecule has 0 unspecified atom stereocenters. The summed E-state index contributed by atoms with van der Waals surface area (Å²) in [6.07, 6.45) is 10.2. The molecular formula is C21H23ClN8O. The van der Waals surface area contributed by atoms with Gasteiger partial charge in [-0.25, -0.2) is 9.67 Å². The Morgan fingerprint density at radius 3 is 2.81 bits per heavy atom. The second-order valence-corrected chi connectivity index (χ2v) is 8.38. The van der Waals surface area contributed by atoms with E-state index in [4.69, 9.17) is 16.6 Å². The summed E-state index contributed by atoms with van der Waals surface area (Å²) in [6.45, 7) is 3.37. The molecule has 1 saturated carbocycles. The van der Waals surface area contributed by atoms with E-state index < -0.39 is 0 Å². The average Bonchev–Trinajstić information content (AvgIpc) is 3.28. The smallest absolute Gasteiger partial charge is 0.257 e. The maximum atomic E-state index is 13.2. The number of aryl methyl sites for hydroxylation is 2. The number of amides is 1. The number of hydrogen-bond acceptors (Lipinski definition) is 5. The van der Waals surface area contributed by atoms with Gasteiger partial charge in [0.05, 0.1) is 29.9 Å². The van der Waals surface area contributed by atoms with Gasteiger partial charge in [0.1, 0.15) is 5.02 Å². The number of halogens is 1. The number of carbonyl (C=O) groups excluding carboxylic acids is 1. The summed E-state index contributed by atoms with van der Waals surface area (Å²) in [5, 5.41) is 17.0. The largest absolute Gasteiger partial charge is 0.304 e. The number of carbonyl (C=O) groups is 1. The first-order valence-corrected chi connectivity index (χ1v) is 10.8. The molecule has 0 bridgehead atoms. The Hall–Kier alpha value is -3.20. The minimum atomic E-state index is -0.265. The Bertz CT molecular complexity index is 1270. The van der Waals surface area contributed by atoms with Gasteiger partial charge >= 0.3 is 0 Å². The molecule has 4 heterocycles. The lowest BCUT2D eigenvalue weighted by molar-refractivity contribution is 0.102. The lowest BCUT2D eigenvalue weighted by Gasteiger charge is -2.08. The molecule has 1 fully saturated rings.